The van der Waals surface area contributed by atoms with Gasteiger partial charge in [-0.3, -0.25) is 0 Å². The minimum atomic E-state index is -0.908. The first-order valence-electron chi connectivity index (χ1n) is 28.0. The van der Waals surface area contributed by atoms with Crippen molar-refractivity contribution in [2.45, 2.75) is 137 Å². The Morgan fingerprint density at radius 3 is 1.45 bits per heavy atom. The quantitative estimate of drug-likeness (QED) is 0.0633. The SMILES string of the molecule is CC1[C@H](C)C(COC(=O)c2ccccc2)O[C@@H](O[C@@H]2C3CO[C@H](O3)C3O[C@@H]32)[C@H]1OC(=O)c1ccccc1.Cc1ccc(SC2OC(COC(=O)c3ccccc3)[C@@H](C)C(C)[C@@H]2OC(=O)c2ccccc2)cc1.O[C@@H]1C2CO[C@H](O2)C2O[C@@H]21. The first-order chi connectivity index (χ1) is 39.8. The Bertz CT molecular complexity index is 2930. The second-order valence-electron chi connectivity index (χ2n) is 21.8. The van der Waals surface area contributed by atoms with Gasteiger partial charge < -0.3 is 66.7 Å². The fraction of sp³-hybridized carbons (Fsp3) is 0.460. The fourth-order valence-electron chi connectivity index (χ4n) is 10.9. The van der Waals surface area contributed by atoms with E-state index in [-0.39, 0.29) is 104 Å². The number of carbonyl (C=O) groups is 4. The Labute approximate surface area is 480 Å². The third-order valence-electron chi connectivity index (χ3n) is 16.4. The van der Waals surface area contributed by atoms with E-state index < -0.39 is 54.2 Å². The normalized spacial score (nSPS) is 35.1. The molecule has 13 rings (SSSR count). The lowest BCUT2D eigenvalue weighted by molar-refractivity contribution is -0.298. The van der Waals surface area contributed by atoms with E-state index in [9.17, 15) is 24.3 Å². The van der Waals surface area contributed by atoms with Crippen molar-refractivity contribution in [3.8, 4) is 0 Å². The number of aliphatic hydroxyl groups excluding tert-OH is 1. The van der Waals surface area contributed by atoms with Crippen LogP contribution in [0.4, 0.5) is 0 Å². The number of esters is 4. The summed E-state index contributed by atoms with van der Waals surface area (Å²) < 4.78 is 75.3. The number of carbonyl (C=O) groups excluding carboxylic acids is 4. The molecule has 1 N–H and O–H groups in total. The monoisotopic (exact) mass is 1140 g/mol. The van der Waals surface area contributed by atoms with Crippen LogP contribution in [0.5, 0.6) is 0 Å². The number of hydrogen-bond donors (Lipinski definition) is 1. The van der Waals surface area contributed by atoms with Crippen LogP contribution in [0.25, 0.3) is 0 Å². The van der Waals surface area contributed by atoms with E-state index in [2.05, 4.69) is 6.92 Å². The molecule has 0 amide bonds. The number of fused-ring (bicyclic) bond motifs is 8. The smallest absolute Gasteiger partial charge is 0.338 e. The van der Waals surface area contributed by atoms with E-state index in [1.807, 2.05) is 88.4 Å². The number of benzene rings is 5. The molecule has 8 heterocycles. The van der Waals surface area contributed by atoms with Gasteiger partial charge in [0.25, 0.3) is 0 Å². The molecule has 19 heteroatoms. The van der Waals surface area contributed by atoms with Crippen molar-refractivity contribution in [2.75, 3.05) is 26.4 Å². The van der Waals surface area contributed by atoms with Crippen LogP contribution in [-0.4, -0.2) is 153 Å². The molecule has 82 heavy (non-hydrogen) atoms. The molecule has 8 aliphatic rings. The maximum Gasteiger partial charge on any atom is 0.338 e. The number of aryl methyl sites for hydroxylation is 1. The summed E-state index contributed by atoms with van der Waals surface area (Å²) in [6.45, 7) is 11.2. The van der Waals surface area contributed by atoms with E-state index in [1.165, 1.54) is 17.3 Å². The highest BCUT2D eigenvalue weighted by Crippen LogP contribution is 2.46. The summed E-state index contributed by atoms with van der Waals surface area (Å²) in [6.07, 6.45) is -5.10. The van der Waals surface area contributed by atoms with Crippen molar-refractivity contribution in [1.29, 1.82) is 0 Å². The van der Waals surface area contributed by atoms with Crippen LogP contribution in [0.1, 0.15) is 74.7 Å². The predicted molar refractivity (Wildman–Crippen MR) is 293 cm³/mol. The van der Waals surface area contributed by atoms with E-state index in [4.69, 9.17) is 61.6 Å². The summed E-state index contributed by atoms with van der Waals surface area (Å²) >= 11 is 1.52. The molecule has 0 aromatic heterocycles. The molecule has 18 nitrogen and oxygen atoms in total. The molecule has 0 saturated carbocycles. The molecular formula is C63H68O18S. The lowest BCUT2D eigenvalue weighted by Gasteiger charge is -2.44. The maximum absolute atomic E-state index is 13.0. The molecule has 8 aliphatic heterocycles. The molecule has 8 saturated heterocycles. The molecule has 8 fully saturated rings. The van der Waals surface area contributed by atoms with Gasteiger partial charge in [-0.15, -0.1) is 0 Å². The fourth-order valence-corrected chi connectivity index (χ4v) is 12.1. The summed E-state index contributed by atoms with van der Waals surface area (Å²) in [6, 6.07) is 43.7. The lowest BCUT2D eigenvalue weighted by atomic mass is 9.83. The minimum absolute atomic E-state index is 0.00187. The van der Waals surface area contributed by atoms with Gasteiger partial charge in [-0.25, -0.2) is 19.2 Å². The largest absolute Gasteiger partial charge is 0.459 e. The lowest BCUT2D eigenvalue weighted by Crippen LogP contribution is -2.56. The summed E-state index contributed by atoms with van der Waals surface area (Å²) in [5.74, 6) is -1.90. The maximum atomic E-state index is 13.0. The zero-order chi connectivity index (χ0) is 57.0. The van der Waals surface area contributed by atoms with Crippen LogP contribution in [0, 0.1) is 30.6 Å². The van der Waals surface area contributed by atoms with Gasteiger partial charge in [0.15, 0.2) is 25.0 Å². The Hall–Kier alpha value is -6.07. The van der Waals surface area contributed by atoms with E-state index >= 15 is 0 Å². The molecule has 0 spiro atoms. The van der Waals surface area contributed by atoms with Gasteiger partial charge in [0.2, 0.25) is 0 Å². The summed E-state index contributed by atoms with van der Waals surface area (Å²) in [5.41, 5.74) is 2.64. The molecule has 9 unspecified atom stereocenters. The zero-order valence-electron chi connectivity index (χ0n) is 46.0. The average Bonchev–Trinajstić information content (AvgIpc) is 4.53. The second kappa shape index (κ2) is 25.8. The highest BCUT2D eigenvalue weighted by molar-refractivity contribution is 7.99. The summed E-state index contributed by atoms with van der Waals surface area (Å²) in [4.78, 5) is 52.0. The summed E-state index contributed by atoms with van der Waals surface area (Å²) in [5, 5.41) is 9.38. The van der Waals surface area contributed by atoms with Crippen molar-refractivity contribution in [3.05, 3.63) is 173 Å². The number of thioether (sulfide) groups is 1. The standard InChI is InChI=1S/C29H30O5S.C28H30O9.C6H8O4/c1-19-14-16-24(17-15-19)35-29-26(34-28(31)23-12-8-5-9-13-23)21(3)20(2)25(33-29)18-32-27(30)22-10-6-4-7-11-22;1-15-16(2)21(36-26(30)18-11-7-4-8-12-18)28(37-22-20-14-32-27(34-20)24-23(22)35-24)33-19(15)13-31-25(29)17-9-5-3-6-10-17;7-3-2-1-8-6(9-2)5-4(3)10-5/h4-17,20-21,25-26,29H,18H2,1-3H3;3-12,15-16,19-24,27-28H,13-14H2,1-2H3;2-7H,1H2/t20-,21?,25?,26-,29?;15-,16?,19?,20?,21-,22+,23+,24?,27+,28-;2?,3-,4-,5?,6-/m001/s1. The van der Waals surface area contributed by atoms with E-state index in [1.54, 1.807) is 84.9 Å². The molecule has 5 aromatic rings. The topological polar surface area (TPSA) is 215 Å². The van der Waals surface area contributed by atoms with Crippen LogP contribution < -0.4 is 0 Å². The second-order valence-corrected chi connectivity index (χ2v) is 23.0. The molecule has 0 radical (unpaired) electrons. The van der Waals surface area contributed by atoms with Crippen molar-refractivity contribution < 1.29 is 85.9 Å². The van der Waals surface area contributed by atoms with Gasteiger partial charge in [0.05, 0.1) is 47.7 Å². The minimum Gasteiger partial charge on any atom is -0.459 e. The first kappa shape index (κ1) is 57.7. The first-order valence-corrected chi connectivity index (χ1v) is 28.8. The summed E-state index contributed by atoms with van der Waals surface area (Å²) in [7, 11) is 0. The molecule has 5 aromatic carbocycles. The van der Waals surface area contributed by atoms with E-state index in [0.717, 1.165) is 4.90 Å². The van der Waals surface area contributed by atoms with Gasteiger partial charge in [0.1, 0.15) is 73.6 Å². The molecule has 4 bridgehead atoms. The van der Waals surface area contributed by atoms with Gasteiger partial charge in [0, 0.05) is 16.7 Å². The van der Waals surface area contributed by atoms with Crippen molar-refractivity contribution in [1.82, 2.24) is 0 Å². The number of hydrogen-bond acceptors (Lipinski definition) is 19. The Morgan fingerprint density at radius 2 is 0.915 bits per heavy atom. The van der Waals surface area contributed by atoms with Gasteiger partial charge >= 0.3 is 23.9 Å². The van der Waals surface area contributed by atoms with E-state index in [0.29, 0.717) is 35.5 Å². The van der Waals surface area contributed by atoms with Crippen molar-refractivity contribution >= 4 is 35.6 Å². The van der Waals surface area contributed by atoms with Crippen LogP contribution in [0.15, 0.2) is 150 Å². The molecule has 20 atom stereocenters. The highest BCUT2D eigenvalue weighted by atomic mass is 32.2. The van der Waals surface area contributed by atoms with Crippen molar-refractivity contribution in [2.24, 2.45) is 23.7 Å². The molecular weight excluding hydrogens is 1080 g/mol. The van der Waals surface area contributed by atoms with Crippen LogP contribution in [0.2, 0.25) is 0 Å². The molecule has 0 aliphatic carbocycles. The predicted octanol–water partition coefficient (Wildman–Crippen LogP) is 8.01. The number of rotatable bonds is 14. The average molecular weight is 1150 g/mol. The van der Waals surface area contributed by atoms with Crippen LogP contribution in [0.3, 0.4) is 0 Å². The third-order valence-corrected chi connectivity index (χ3v) is 17.6. The highest BCUT2D eigenvalue weighted by Gasteiger charge is 2.64. The number of ether oxygens (including phenoxy) is 13. The number of epoxide rings is 2. The Kier molecular flexibility index (Phi) is 18.2. The van der Waals surface area contributed by atoms with Crippen molar-refractivity contribution in [3.63, 3.8) is 0 Å². The van der Waals surface area contributed by atoms with Gasteiger partial charge in [-0.05, 0) is 79.4 Å². The van der Waals surface area contributed by atoms with Gasteiger partial charge in [-0.1, -0.05) is 130 Å². The van der Waals surface area contributed by atoms with Crippen LogP contribution in [-0.2, 0) is 61.6 Å². The number of aliphatic hydroxyl groups is 1. The van der Waals surface area contributed by atoms with Crippen LogP contribution >= 0.6 is 11.8 Å². The Morgan fingerprint density at radius 1 is 0.476 bits per heavy atom. The molecule has 434 valence electrons. The third kappa shape index (κ3) is 13.3. The van der Waals surface area contributed by atoms with Gasteiger partial charge in [-0.2, -0.15) is 0 Å². The zero-order valence-corrected chi connectivity index (χ0v) is 46.8. The Balaban J connectivity index is 0.000000146.